The highest BCUT2D eigenvalue weighted by molar-refractivity contribution is 7.95. The number of hydrazone groups is 2. The average Bonchev–Trinajstić information content (AvgIpc) is 3.06. The first-order chi connectivity index (χ1) is 24.7. The van der Waals surface area contributed by atoms with Crippen molar-refractivity contribution in [1.29, 1.82) is 0 Å². The molecule has 0 unspecified atom stereocenters. The highest BCUT2D eigenvalue weighted by Crippen LogP contribution is 2.35. The molecular weight excluding hydrogens is 753 g/mol. The third-order valence-corrected chi connectivity index (χ3v) is 10.8. The quantitative estimate of drug-likeness (QED) is 0.105. The monoisotopic (exact) mass is 778 g/mol. The number of aryl methyl sites for hydroxylation is 2. The zero-order valence-electron chi connectivity index (χ0n) is 27.3. The number of nitrogens with one attached hydrogen (secondary N) is 2. The number of allylic oxidation sites excluding steroid dienone is 2. The van der Waals surface area contributed by atoms with E-state index < -0.39 is 79.2 Å². The van der Waals surface area contributed by atoms with Crippen LogP contribution in [0.3, 0.4) is 0 Å². The largest absolute Gasteiger partial charge is 0.507 e. The first kappa shape index (κ1) is 36.9. The van der Waals surface area contributed by atoms with E-state index in [9.17, 15) is 53.6 Å². The number of benzene rings is 4. The molecule has 0 spiro atoms. The Morgan fingerprint density at radius 3 is 1.68 bits per heavy atom. The molecule has 6 N–H and O–H groups in total. The highest BCUT2D eigenvalue weighted by atomic mass is 32.2. The van der Waals surface area contributed by atoms with Gasteiger partial charge in [-0.1, -0.05) is 36.4 Å². The second-order valence-corrected chi connectivity index (χ2v) is 16.0. The van der Waals surface area contributed by atoms with Gasteiger partial charge in [0.2, 0.25) is 11.6 Å². The number of hydrogen-bond acceptors (Lipinski definition) is 13. The summed E-state index contributed by atoms with van der Waals surface area (Å²) in [6.07, 6.45) is 1.73. The Morgan fingerprint density at radius 2 is 1.15 bits per heavy atom. The molecule has 53 heavy (non-hydrogen) atoms. The van der Waals surface area contributed by atoms with E-state index in [1.54, 1.807) is 50.2 Å². The lowest BCUT2D eigenvalue weighted by Crippen LogP contribution is -2.27. The Hall–Kier alpha value is -5.83. The lowest BCUT2D eigenvalue weighted by atomic mass is 9.94. The van der Waals surface area contributed by atoms with E-state index in [4.69, 9.17) is 0 Å². The minimum absolute atomic E-state index is 0.0656. The smallest absolute Gasteiger partial charge is 0.296 e. The van der Waals surface area contributed by atoms with Gasteiger partial charge >= 0.3 is 0 Å². The number of carbonyl (C=O) groups excluding carboxylic acids is 2. The third-order valence-electron chi connectivity index (χ3n) is 8.25. The van der Waals surface area contributed by atoms with Crippen LogP contribution in [0.4, 0.5) is 11.4 Å². The Bertz CT molecular complexity index is 2770. The van der Waals surface area contributed by atoms with E-state index >= 15 is 0 Å². The third kappa shape index (κ3) is 7.29. The number of phenolic OH excluding ortho intramolecular Hbond substituents is 1. The van der Waals surface area contributed by atoms with Gasteiger partial charge in [0.25, 0.3) is 30.4 Å². The van der Waals surface area contributed by atoms with Gasteiger partial charge in [0.05, 0.1) is 21.8 Å². The molecule has 0 atom stereocenters. The molecule has 19 heteroatoms. The van der Waals surface area contributed by atoms with Gasteiger partial charge in [-0.15, -0.1) is 0 Å². The van der Waals surface area contributed by atoms with Crippen LogP contribution in [0.5, 0.6) is 5.75 Å². The molecule has 6 rings (SSSR count). The van der Waals surface area contributed by atoms with E-state index in [1.165, 1.54) is 18.2 Å². The highest BCUT2D eigenvalue weighted by Gasteiger charge is 2.36. The number of ketones is 2. The molecule has 0 aliphatic heterocycles. The average molecular weight is 779 g/mol. The minimum Gasteiger partial charge on any atom is -0.507 e. The standard InChI is InChI=1S/C34H26N4O12S3/c1-17-11-19(7-9-25(17)35-37-27-16-29(52(45,46)47)23-5-3-4-6-24(23)33(27)40)20-8-10-26(18(2)12-20)36-38-32-30(53(48,49)50)14-21-13-22(51(42,43)44)15-28(39)31(21)34(32)41/h3-16,35-36,39H,1-2H3,(H,42,43,44)(H,45,46,47)(H,48,49,50)/b37-27-,38-32+. The Labute approximate surface area is 302 Å². The summed E-state index contributed by atoms with van der Waals surface area (Å²) >= 11 is 0. The molecule has 0 bridgehead atoms. The van der Waals surface area contributed by atoms with Crippen LogP contribution in [0.15, 0.2) is 98.9 Å². The van der Waals surface area contributed by atoms with Crippen LogP contribution in [0.1, 0.15) is 43.0 Å². The van der Waals surface area contributed by atoms with E-state index in [2.05, 4.69) is 21.1 Å². The lowest BCUT2D eigenvalue weighted by Gasteiger charge is -2.18. The predicted molar refractivity (Wildman–Crippen MR) is 196 cm³/mol. The maximum Gasteiger partial charge on any atom is 0.296 e. The SMILES string of the molecule is Cc1cc(-c2ccc(N/N=C3/C(=O)c4c(O)cc(S(=O)(=O)O)cc4C=C3S(=O)(=O)O)c(C)c2)ccc1N/N=C1/C=C(S(=O)(=O)O)c2ccccc2C1=O. The molecule has 272 valence electrons. The van der Waals surface area contributed by atoms with Gasteiger partial charge in [-0.05, 0) is 84.1 Å². The van der Waals surface area contributed by atoms with E-state index in [0.717, 1.165) is 29.3 Å². The van der Waals surface area contributed by atoms with Gasteiger partial charge in [0.1, 0.15) is 21.3 Å². The number of fused-ring (bicyclic) bond motifs is 2. The van der Waals surface area contributed by atoms with E-state index in [1.807, 2.05) is 6.07 Å². The molecule has 0 fully saturated rings. The molecule has 16 nitrogen and oxygen atoms in total. The van der Waals surface area contributed by atoms with Gasteiger partial charge in [-0.3, -0.25) is 34.1 Å². The second-order valence-electron chi connectivity index (χ2n) is 11.8. The maximum absolute atomic E-state index is 13.3. The Morgan fingerprint density at radius 1 is 0.604 bits per heavy atom. The lowest BCUT2D eigenvalue weighted by molar-refractivity contribution is 0.105. The van der Waals surface area contributed by atoms with Gasteiger partial charge < -0.3 is 5.11 Å². The van der Waals surface area contributed by atoms with Crippen LogP contribution in [0.2, 0.25) is 0 Å². The predicted octanol–water partition coefficient (Wildman–Crippen LogP) is 4.71. The van der Waals surface area contributed by atoms with Crippen molar-refractivity contribution in [2.24, 2.45) is 10.2 Å². The second kappa shape index (κ2) is 13.3. The van der Waals surface area contributed by atoms with Crippen molar-refractivity contribution < 1.29 is 53.6 Å². The van der Waals surface area contributed by atoms with Crippen LogP contribution < -0.4 is 10.9 Å². The topological polar surface area (TPSA) is 266 Å². The summed E-state index contributed by atoms with van der Waals surface area (Å²) in [6, 6.07) is 17.6. The van der Waals surface area contributed by atoms with Crippen LogP contribution >= 0.6 is 0 Å². The molecule has 4 aromatic carbocycles. The first-order valence-electron chi connectivity index (χ1n) is 15.0. The van der Waals surface area contributed by atoms with Gasteiger partial charge in [-0.2, -0.15) is 35.5 Å². The first-order valence-corrected chi connectivity index (χ1v) is 19.4. The molecule has 4 aromatic rings. The van der Waals surface area contributed by atoms with Crippen molar-refractivity contribution in [2.75, 3.05) is 10.9 Å². The van der Waals surface area contributed by atoms with Crippen molar-refractivity contribution in [1.82, 2.24) is 0 Å². The van der Waals surface area contributed by atoms with Gasteiger partial charge in [-0.25, -0.2) is 0 Å². The van der Waals surface area contributed by atoms with E-state index in [0.29, 0.717) is 28.6 Å². The zero-order valence-corrected chi connectivity index (χ0v) is 29.7. The summed E-state index contributed by atoms with van der Waals surface area (Å²) in [6.45, 7) is 3.46. The van der Waals surface area contributed by atoms with Crippen LogP contribution in [0, 0.1) is 13.8 Å². The molecule has 0 saturated carbocycles. The van der Waals surface area contributed by atoms with Crippen molar-refractivity contribution >= 4 is 75.7 Å². The van der Waals surface area contributed by atoms with Crippen molar-refractivity contribution in [3.63, 3.8) is 0 Å². The number of carbonyl (C=O) groups is 2. The summed E-state index contributed by atoms with van der Waals surface area (Å²) in [4.78, 5) is 24.1. The number of hydrogen-bond donors (Lipinski definition) is 6. The van der Waals surface area contributed by atoms with Gasteiger partial charge in [0, 0.05) is 17.2 Å². The fourth-order valence-corrected chi connectivity index (χ4v) is 7.56. The van der Waals surface area contributed by atoms with Crippen molar-refractivity contribution in [2.45, 2.75) is 18.7 Å². The van der Waals surface area contributed by atoms with Crippen molar-refractivity contribution in [3.05, 3.63) is 117 Å². The zero-order chi connectivity index (χ0) is 38.6. The molecule has 2 aliphatic rings. The number of rotatable bonds is 8. The minimum atomic E-state index is -5.10. The fourth-order valence-electron chi connectivity index (χ4n) is 5.65. The number of aromatic hydroxyl groups is 1. The molecular formula is C34H26N4O12S3. The Kier molecular flexibility index (Phi) is 9.27. The molecule has 2 aliphatic carbocycles. The van der Waals surface area contributed by atoms with Crippen LogP contribution in [0.25, 0.3) is 22.1 Å². The maximum atomic E-state index is 13.3. The Balaban J connectivity index is 1.25. The summed E-state index contributed by atoms with van der Waals surface area (Å²) in [7, 11) is -14.6. The van der Waals surface area contributed by atoms with Crippen LogP contribution in [-0.4, -0.2) is 67.0 Å². The summed E-state index contributed by atoms with van der Waals surface area (Å²) in [5.74, 6) is -2.57. The van der Waals surface area contributed by atoms with Crippen molar-refractivity contribution in [3.8, 4) is 16.9 Å². The molecule has 0 aromatic heterocycles. The molecule has 0 heterocycles. The summed E-state index contributed by atoms with van der Waals surface area (Å²) < 4.78 is 101. The fraction of sp³-hybridized carbons (Fsp3) is 0.0588. The van der Waals surface area contributed by atoms with Crippen LogP contribution in [-0.2, 0) is 30.4 Å². The number of phenols is 1. The number of Topliss-reactive ketones (excluding diaryl/α,β-unsaturated/α-hetero) is 2. The van der Waals surface area contributed by atoms with E-state index in [-0.39, 0.29) is 16.8 Å². The van der Waals surface area contributed by atoms with Gasteiger partial charge in [0.15, 0.2) is 5.71 Å². The molecule has 0 amide bonds. The molecule has 0 saturated heterocycles. The molecule has 0 radical (unpaired) electrons. The number of anilines is 2. The summed E-state index contributed by atoms with van der Waals surface area (Å²) in [5.41, 5.74) is 7.11. The number of nitrogens with zero attached hydrogens (tertiary/aromatic N) is 2. The summed E-state index contributed by atoms with van der Waals surface area (Å²) in [5, 5.41) is 18.4. The normalized spacial score (nSPS) is 16.2.